The number of carbonyl (C=O) groups is 5. The molecule has 3 aliphatic heterocycles. The van der Waals surface area contributed by atoms with Crippen molar-refractivity contribution in [2.75, 3.05) is 69.7 Å². The minimum absolute atomic E-state index is 0.0535. The van der Waals surface area contributed by atoms with Gasteiger partial charge in [0, 0.05) is 110 Å². The minimum Gasteiger partial charge on any atom is -0.462 e. The highest BCUT2D eigenvalue weighted by Crippen LogP contribution is 2.41. The van der Waals surface area contributed by atoms with Crippen LogP contribution in [0.4, 0.5) is 21.0 Å². The van der Waals surface area contributed by atoms with Crippen LogP contribution in [0.2, 0.25) is 0 Å². The molecule has 4 amide bonds. The maximum atomic E-state index is 12.9. The zero-order chi connectivity index (χ0) is 64.1. The summed E-state index contributed by atoms with van der Waals surface area (Å²) in [5, 5.41) is 18.5. The van der Waals surface area contributed by atoms with Crippen LogP contribution in [0.3, 0.4) is 0 Å². The summed E-state index contributed by atoms with van der Waals surface area (Å²) in [5.41, 5.74) is 8.35. The van der Waals surface area contributed by atoms with Gasteiger partial charge in [-0.25, -0.2) is 49.1 Å². The normalized spacial score (nSPS) is 15.4. The van der Waals surface area contributed by atoms with Crippen LogP contribution in [0.1, 0.15) is 129 Å². The molecule has 6 heterocycles. The van der Waals surface area contributed by atoms with Crippen molar-refractivity contribution in [3.63, 3.8) is 0 Å². The standard InChI is InChI=1S/C27H30N4O3.C26H28N4O3.C19H23N3O2/c1-3-34-25(32)21-18-28-24(29-19-21)17-27(22-7-5-4-6-8-22)13-15-31(16-14-27)26(33)30-23-11-9-20(2)10-12-23;1-19-7-9-22(10-8-19)29-25(33)30-13-11-26(12-14-30,21-5-3-2-4-6-21)15-24-27-16-20(17-28-24)23(32)18-31;1-2-24-18(23)15-13-21-17(22-14-15)12-19(8-10-20-11-9-19)16-6-4-3-5-7-16/h4-12,18-19H,3,13-17H2,1-2H3,(H,30,33);2-10,16-17,31H,11-15,18H2,1H3,(H,29,33);3-7,13-14,20H,2,8-12H2,1H3. The molecule has 4 N–H and O–H groups in total. The average molecular weight is 1230 g/mol. The molecule has 11 rings (SSSR count). The van der Waals surface area contributed by atoms with E-state index in [1.807, 2.05) is 115 Å². The van der Waals surface area contributed by atoms with Crippen molar-refractivity contribution >= 4 is 41.2 Å². The highest BCUT2D eigenvalue weighted by Gasteiger charge is 2.40. The van der Waals surface area contributed by atoms with E-state index >= 15 is 0 Å². The molecule has 5 aromatic carbocycles. The van der Waals surface area contributed by atoms with Gasteiger partial charge in [0.1, 0.15) is 24.1 Å². The number of urea groups is 2. The fourth-order valence-electron chi connectivity index (χ4n) is 12.1. The molecule has 0 unspecified atom stereocenters. The van der Waals surface area contributed by atoms with E-state index in [2.05, 4.69) is 94.4 Å². The third-order valence-corrected chi connectivity index (χ3v) is 17.4. The van der Waals surface area contributed by atoms with Crippen molar-refractivity contribution in [3.8, 4) is 0 Å². The molecule has 3 fully saturated rings. The van der Waals surface area contributed by atoms with Gasteiger partial charge in [-0.05, 0) is 120 Å². The Morgan fingerprint density at radius 3 is 1.07 bits per heavy atom. The van der Waals surface area contributed by atoms with Gasteiger partial charge in [0.15, 0.2) is 5.78 Å². The lowest BCUT2D eigenvalue weighted by molar-refractivity contribution is 0.0515. The molecule has 0 saturated carbocycles. The molecule has 0 radical (unpaired) electrons. The maximum absolute atomic E-state index is 12.9. The van der Waals surface area contributed by atoms with E-state index in [1.165, 1.54) is 41.5 Å². The molecule has 3 aromatic heterocycles. The number of aliphatic hydroxyl groups excluding tert-OH is 1. The van der Waals surface area contributed by atoms with E-state index in [4.69, 9.17) is 14.6 Å². The first kappa shape index (κ1) is 65.8. The van der Waals surface area contributed by atoms with E-state index in [1.54, 1.807) is 26.2 Å². The highest BCUT2D eigenvalue weighted by molar-refractivity contribution is 5.96. The number of esters is 2. The van der Waals surface area contributed by atoms with Crippen LogP contribution in [0, 0.1) is 13.8 Å². The zero-order valence-electron chi connectivity index (χ0n) is 52.4. The lowest BCUT2D eigenvalue weighted by atomic mass is 9.70. The van der Waals surface area contributed by atoms with E-state index in [9.17, 15) is 24.0 Å². The maximum Gasteiger partial charge on any atom is 0.341 e. The number of nitrogens with zero attached hydrogens (tertiary/aromatic N) is 8. The fraction of sp³-hybridized carbons (Fsp3) is 0.347. The molecule has 19 nitrogen and oxygen atoms in total. The Bertz CT molecular complexity index is 3620. The Labute approximate surface area is 532 Å². The molecule has 91 heavy (non-hydrogen) atoms. The minimum atomic E-state index is -0.558. The molecule has 0 spiro atoms. The van der Waals surface area contributed by atoms with Gasteiger partial charge in [-0.3, -0.25) is 4.79 Å². The number of benzene rings is 5. The first-order chi connectivity index (χ1) is 44.2. The molecule has 19 heteroatoms. The number of aliphatic hydroxyl groups is 1. The van der Waals surface area contributed by atoms with E-state index < -0.39 is 18.4 Å². The highest BCUT2D eigenvalue weighted by atomic mass is 16.5. The summed E-state index contributed by atoms with van der Waals surface area (Å²) in [7, 11) is 0. The number of ketones is 1. The van der Waals surface area contributed by atoms with Gasteiger partial charge in [-0.1, -0.05) is 126 Å². The Morgan fingerprint density at radius 2 is 0.758 bits per heavy atom. The summed E-state index contributed by atoms with van der Waals surface area (Å²) < 4.78 is 10.0. The summed E-state index contributed by atoms with van der Waals surface area (Å²) in [6.07, 6.45) is 16.4. The van der Waals surface area contributed by atoms with Crippen molar-refractivity contribution in [1.82, 2.24) is 45.0 Å². The quantitative estimate of drug-likeness (QED) is 0.0489. The van der Waals surface area contributed by atoms with E-state index in [0.29, 0.717) is 80.6 Å². The molecular formula is C72H81N11O8. The van der Waals surface area contributed by atoms with Crippen molar-refractivity contribution in [1.29, 1.82) is 0 Å². The van der Waals surface area contributed by atoms with Crippen molar-refractivity contribution in [2.24, 2.45) is 0 Å². The monoisotopic (exact) mass is 1230 g/mol. The number of likely N-dealkylation sites (tertiary alicyclic amines) is 2. The predicted molar refractivity (Wildman–Crippen MR) is 349 cm³/mol. The largest absolute Gasteiger partial charge is 0.462 e. The number of ether oxygens (including phenoxy) is 2. The summed E-state index contributed by atoms with van der Waals surface area (Å²) >= 11 is 0. The van der Waals surface area contributed by atoms with Gasteiger partial charge in [0.25, 0.3) is 0 Å². The number of Topliss-reactive ketones (excluding diaryl/α,β-unsaturated/α-hetero) is 1. The average Bonchev–Trinajstić information content (AvgIpc) is 1.23. The summed E-state index contributed by atoms with van der Waals surface area (Å²) in [5.74, 6) is 0.907. The number of aromatic nitrogens is 6. The van der Waals surface area contributed by atoms with Crippen LogP contribution >= 0.6 is 0 Å². The van der Waals surface area contributed by atoms with Gasteiger partial charge in [-0.15, -0.1) is 0 Å². The lowest BCUT2D eigenvalue weighted by Gasteiger charge is -2.42. The van der Waals surface area contributed by atoms with Gasteiger partial charge < -0.3 is 40.3 Å². The van der Waals surface area contributed by atoms with E-state index in [0.717, 1.165) is 86.4 Å². The first-order valence-electron chi connectivity index (χ1n) is 31.2. The molecule has 8 aromatic rings. The van der Waals surface area contributed by atoms with Crippen LogP contribution < -0.4 is 16.0 Å². The van der Waals surface area contributed by atoms with Gasteiger partial charge >= 0.3 is 24.0 Å². The second-order valence-electron chi connectivity index (χ2n) is 23.5. The molecule has 0 atom stereocenters. The predicted octanol–water partition coefficient (Wildman–Crippen LogP) is 11.1. The number of amides is 4. The van der Waals surface area contributed by atoms with Gasteiger partial charge in [-0.2, -0.15) is 0 Å². The summed E-state index contributed by atoms with van der Waals surface area (Å²) in [6, 6.07) is 46.6. The number of hydrogen-bond acceptors (Lipinski definition) is 15. The number of hydrogen-bond donors (Lipinski definition) is 4. The van der Waals surface area contributed by atoms with Gasteiger partial charge in [0.2, 0.25) is 0 Å². The SMILES string of the molecule is CCOC(=O)c1cnc(CC2(c3ccccc3)CCN(C(=O)Nc3ccc(C)cc3)CC2)nc1.CCOC(=O)c1cnc(CC2(c3ccccc3)CCNCC2)nc1.Cc1ccc(NC(=O)N2CCC(Cc3ncc(C(=O)CO)cn3)(c3ccccc3)CC2)cc1. The van der Waals surface area contributed by atoms with Crippen LogP contribution in [-0.4, -0.2) is 134 Å². The smallest absolute Gasteiger partial charge is 0.341 e. The fourth-order valence-corrected chi connectivity index (χ4v) is 12.1. The second kappa shape index (κ2) is 31.7. The van der Waals surface area contributed by atoms with Crippen LogP contribution in [0.5, 0.6) is 0 Å². The molecular weight excluding hydrogens is 1150 g/mol. The molecule has 0 aliphatic carbocycles. The van der Waals surface area contributed by atoms with Crippen molar-refractivity contribution < 1.29 is 38.6 Å². The van der Waals surface area contributed by atoms with Crippen LogP contribution in [-0.2, 0) is 45.0 Å². The number of piperidine rings is 3. The third-order valence-electron chi connectivity index (χ3n) is 17.4. The number of nitrogens with one attached hydrogen (secondary N) is 3. The first-order valence-corrected chi connectivity index (χ1v) is 31.2. The summed E-state index contributed by atoms with van der Waals surface area (Å²) in [6.45, 7) is 12.2. The number of aryl methyl sites for hydroxylation is 2. The molecule has 472 valence electrons. The molecule has 3 aliphatic rings. The Balaban J connectivity index is 0.000000164. The van der Waals surface area contributed by atoms with Crippen LogP contribution in [0.15, 0.2) is 177 Å². The Kier molecular flexibility index (Phi) is 23.0. The number of carbonyl (C=O) groups excluding carboxylic acids is 5. The molecule has 3 saturated heterocycles. The lowest BCUT2D eigenvalue weighted by Crippen LogP contribution is -2.47. The number of anilines is 2. The Morgan fingerprint density at radius 1 is 0.451 bits per heavy atom. The van der Waals surface area contributed by atoms with Crippen molar-refractivity contribution in [2.45, 2.75) is 102 Å². The van der Waals surface area contributed by atoms with Crippen LogP contribution in [0.25, 0.3) is 0 Å². The van der Waals surface area contributed by atoms with E-state index in [-0.39, 0.29) is 34.3 Å². The third kappa shape index (κ3) is 17.6. The zero-order valence-corrected chi connectivity index (χ0v) is 52.4. The van der Waals surface area contributed by atoms with Crippen molar-refractivity contribution in [3.05, 3.63) is 239 Å². The topological polar surface area (TPSA) is 244 Å². The second-order valence-corrected chi connectivity index (χ2v) is 23.5. The summed E-state index contributed by atoms with van der Waals surface area (Å²) in [4.78, 5) is 91.3. The molecule has 0 bridgehead atoms. The Hall–Kier alpha value is -9.59. The number of rotatable bonds is 17. The van der Waals surface area contributed by atoms with Gasteiger partial charge in [0.05, 0.1) is 29.9 Å².